The zero-order valence-electron chi connectivity index (χ0n) is 14.0. The number of carbonyl (C=O) groups excluding carboxylic acids is 1. The molecule has 4 nitrogen and oxygen atoms in total. The van der Waals surface area contributed by atoms with Crippen LogP contribution < -0.4 is 5.32 Å². The lowest BCUT2D eigenvalue weighted by atomic mass is 10.0. The van der Waals surface area contributed by atoms with Crippen LogP contribution in [0.1, 0.15) is 10.4 Å². The molecule has 27 heavy (non-hydrogen) atoms. The first-order valence-electron chi connectivity index (χ1n) is 7.97. The molecule has 3 rings (SSSR count). The smallest absolute Gasteiger partial charge is 0.321 e. The molecule has 7 heteroatoms. The Hall–Kier alpha value is -3.06. The van der Waals surface area contributed by atoms with E-state index in [2.05, 4.69) is 5.32 Å². The zero-order chi connectivity index (χ0) is 19.4. The molecule has 0 bridgehead atoms. The second-order valence-corrected chi connectivity index (χ2v) is 7.61. The van der Waals surface area contributed by atoms with Gasteiger partial charge in [0.15, 0.2) is 0 Å². The number of amides is 1. The molecule has 0 heterocycles. The zero-order valence-corrected chi connectivity index (χ0v) is 14.8. The summed E-state index contributed by atoms with van der Waals surface area (Å²) in [5.41, 5.74) is 2.49. The minimum Gasteiger partial charge on any atom is -0.321 e. The summed E-state index contributed by atoms with van der Waals surface area (Å²) in [6, 6.07) is 21.1. The van der Waals surface area contributed by atoms with Crippen LogP contribution in [0.25, 0.3) is 11.1 Å². The molecule has 1 N–H and O–H groups in total. The molecule has 0 fully saturated rings. The van der Waals surface area contributed by atoms with Gasteiger partial charge in [-0.1, -0.05) is 48.5 Å². The van der Waals surface area contributed by atoms with Crippen molar-refractivity contribution in [2.75, 3.05) is 5.32 Å². The second-order valence-electron chi connectivity index (χ2n) is 5.70. The van der Waals surface area contributed by atoms with Gasteiger partial charge >= 0.3 is 5.76 Å². The number of nitrogens with one attached hydrogen (secondary N) is 1. The molecule has 3 aromatic rings. The van der Waals surface area contributed by atoms with Gasteiger partial charge in [-0.3, -0.25) is 4.79 Å². The average Bonchev–Trinajstić information content (AvgIpc) is 2.69. The number of anilines is 1. The van der Waals surface area contributed by atoms with Crippen molar-refractivity contribution in [2.24, 2.45) is 0 Å². The maximum absolute atomic E-state index is 12.6. The van der Waals surface area contributed by atoms with Crippen LogP contribution in [-0.2, 0) is 9.84 Å². The number of carbonyl (C=O) groups is 1. The van der Waals surface area contributed by atoms with Gasteiger partial charge in [-0.25, -0.2) is 8.42 Å². The third kappa shape index (κ3) is 4.03. The lowest BCUT2D eigenvalue weighted by Crippen LogP contribution is -2.14. The number of alkyl halides is 2. The van der Waals surface area contributed by atoms with E-state index in [0.717, 1.165) is 23.3 Å². The van der Waals surface area contributed by atoms with Crippen molar-refractivity contribution in [1.29, 1.82) is 0 Å². The third-order valence-electron chi connectivity index (χ3n) is 3.94. The summed E-state index contributed by atoms with van der Waals surface area (Å²) >= 11 is 0. The monoisotopic (exact) mass is 387 g/mol. The van der Waals surface area contributed by atoms with Crippen molar-refractivity contribution >= 4 is 21.4 Å². The topological polar surface area (TPSA) is 63.2 Å². The Labute approximate surface area is 155 Å². The SMILES string of the molecule is O=C(Nc1ccccc1-c1ccccc1)c1ccc(S(=O)(=O)C(F)F)cc1. The number of para-hydroxylation sites is 1. The first-order valence-corrected chi connectivity index (χ1v) is 9.52. The maximum atomic E-state index is 12.6. The van der Waals surface area contributed by atoms with Gasteiger partial charge in [0.2, 0.25) is 9.84 Å². The summed E-state index contributed by atoms with van der Waals surface area (Å²) in [5, 5.41) is 2.77. The quantitative estimate of drug-likeness (QED) is 0.696. The van der Waals surface area contributed by atoms with Gasteiger partial charge in [-0.2, -0.15) is 8.78 Å². The van der Waals surface area contributed by atoms with Crippen LogP contribution in [0, 0.1) is 0 Å². The molecule has 0 aliphatic carbocycles. The molecule has 0 aliphatic heterocycles. The summed E-state index contributed by atoms with van der Waals surface area (Å²) in [5.74, 6) is -3.98. The van der Waals surface area contributed by atoms with Gasteiger partial charge in [-0.15, -0.1) is 0 Å². The number of hydrogen-bond acceptors (Lipinski definition) is 3. The van der Waals surface area contributed by atoms with Crippen LogP contribution in [0.5, 0.6) is 0 Å². The Morgan fingerprint density at radius 2 is 1.41 bits per heavy atom. The van der Waals surface area contributed by atoms with Crippen LogP contribution in [-0.4, -0.2) is 20.1 Å². The highest BCUT2D eigenvalue weighted by atomic mass is 32.2. The lowest BCUT2D eigenvalue weighted by molar-refractivity contribution is 0.102. The number of benzene rings is 3. The summed E-state index contributed by atoms with van der Waals surface area (Å²) in [6.07, 6.45) is 0. The fourth-order valence-electron chi connectivity index (χ4n) is 2.55. The predicted molar refractivity (Wildman–Crippen MR) is 99.5 cm³/mol. The van der Waals surface area contributed by atoms with Crippen molar-refractivity contribution in [3.63, 3.8) is 0 Å². The van der Waals surface area contributed by atoms with E-state index in [1.165, 1.54) is 12.1 Å². The van der Waals surface area contributed by atoms with Crippen LogP contribution in [0.3, 0.4) is 0 Å². The van der Waals surface area contributed by atoms with Crippen molar-refractivity contribution in [3.8, 4) is 11.1 Å². The van der Waals surface area contributed by atoms with E-state index in [0.29, 0.717) is 5.69 Å². The molecule has 0 atom stereocenters. The first-order chi connectivity index (χ1) is 12.9. The lowest BCUT2D eigenvalue weighted by Gasteiger charge is -2.11. The standard InChI is InChI=1S/C20H15F2NO3S/c21-20(22)27(25,26)16-12-10-15(11-13-16)19(24)23-18-9-5-4-8-17(18)14-6-2-1-3-7-14/h1-13,20H,(H,23,24). The van der Waals surface area contributed by atoms with Crippen LogP contribution in [0.4, 0.5) is 14.5 Å². The summed E-state index contributed by atoms with van der Waals surface area (Å²) in [4.78, 5) is 12.0. The van der Waals surface area contributed by atoms with E-state index in [-0.39, 0.29) is 5.56 Å². The highest BCUT2D eigenvalue weighted by molar-refractivity contribution is 7.91. The van der Waals surface area contributed by atoms with E-state index >= 15 is 0 Å². The molecule has 0 saturated heterocycles. The maximum Gasteiger partial charge on any atom is 0.341 e. The Bertz CT molecular complexity index is 1050. The molecule has 0 spiro atoms. The van der Waals surface area contributed by atoms with Crippen molar-refractivity contribution < 1.29 is 22.0 Å². The van der Waals surface area contributed by atoms with E-state index in [4.69, 9.17) is 0 Å². The van der Waals surface area contributed by atoms with Crippen LogP contribution in [0.15, 0.2) is 83.8 Å². The summed E-state index contributed by atoms with van der Waals surface area (Å²) in [6.45, 7) is 0. The third-order valence-corrected chi connectivity index (χ3v) is 5.34. The van der Waals surface area contributed by atoms with Crippen molar-refractivity contribution in [2.45, 2.75) is 10.7 Å². The van der Waals surface area contributed by atoms with Gasteiger partial charge in [0.05, 0.1) is 4.90 Å². The number of halogens is 2. The molecular formula is C20H15F2NO3S. The van der Waals surface area contributed by atoms with E-state index in [9.17, 15) is 22.0 Å². The Balaban J connectivity index is 1.85. The van der Waals surface area contributed by atoms with Crippen molar-refractivity contribution in [1.82, 2.24) is 0 Å². The highest BCUT2D eigenvalue weighted by Crippen LogP contribution is 2.28. The minimum atomic E-state index is -4.69. The van der Waals surface area contributed by atoms with Crippen LogP contribution >= 0.6 is 0 Å². The minimum absolute atomic E-state index is 0.158. The number of sulfone groups is 1. The summed E-state index contributed by atoms with van der Waals surface area (Å²) < 4.78 is 48.1. The van der Waals surface area contributed by atoms with E-state index in [1.54, 1.807) is 12.1 Å². The van der Waals surface area contributed by atoms with Gasteiger partial charge in [-0.05, 0) is 35.9 Å². The average molecular weight is 387 g/mol. The Kier molecular flexibility index (Phi) is 5.32. The fourth-order valence-corrected chi connectivity index (χ4v) is 3.28. The second kappa shape index (κ2) is 7.67. The largest absolute Gasteiger partial charge is 0.341 e. The number of hydrogen-bond donors (Lipinski definition) is 1. The number of rotatable bonds is 5. The molecule has 0 unspecified atom stereocenters. The van der Waals surface area contributed by atoms with Gasteiger partial charge in [0.1, 0.15) is 0 Å². The molecule has 0 aliphatic rings. The normalized spacial score (nSPS) is 11.4. The highest BCUT2D eigenvalue weighted by Gasteiger charge is 2.26. The van der Waals surface area contributed by atoms with Gasteiger partial charge in [0, 0.05) is 16.8 Å². The van der Waals surface area contributed by atoms with Crippen molar-refractivity contribution in [3.05, 3.63) is 84.4 Å². The van der Waals surface area contributed by atoms with Crippen LogP contribution in [0.2, 0.25) is 0 Å². The molecule has 0 saturated carbocycles. The first kappa shape index (κ1) is 18.7. The summed E-state index contributed by atoms with van der Waals surface area (Å²) in [7, 11) is -4.69. The molecule has 3 aromatic carbocycles. The molecule has 1 amide bonds. The Morgan fingerprint density at radius 3 is 2.04 bits per heavy atom. The molecular weight excluding hydrogens is 372 g/mol. The van der Waals surface area contributed by atoms with E-state index < -0.39 is 26.4 Å². The molecule has 138 valence electrons. The van der Waals surface area contributed by atoms with Gasteiger partial charge in [0.25, 0.3) is 5.91 Å². The van der Waals surface area contributed by atoms with E-state index in [1.807, 2.05) is 42.5 Å². The fraction of sp³-hybridized carbons (Fsp3) is 0.0500. The molecule has 0 radical (unpaired) electrons. The predicted octanol–water partition coefficient (Wildman–Crippen LogP) is 4.60. The molecule has 0 aromatic heterocycles. The van der Waals surface area contributed by atoms with Gasteiger partial charge < -0.3 is 5.32 Å². The Morgan fingerprint density at radius 1 is 0.815 bits per heavy atom.